The molecule has 7 heteroatoms. The molecule has 1 aromatic heterocycles. The number of nitrogens with two attached hydrogens (primary N) is 1. The molecule has 1 saturated carbocycles. The molecule has 0 amide bonds. The lowest BCUT2D eigenvalue weighted by Gasteiger charge is -2.17. The van der Waals surface area contributed by atoms with Gasteiger partial charge in [-0.2, -0.15) is 5.10 Å². The van der Waals surface area contributed by atoms with Gasteiger partial charge in [-0.1, -0.05) is 13.3 Å². The quantitative estimate of drug-likeness (QED) is 0.846. The van der Waals surface area contributed by atoms with Crippen molar-refractivity contribution < 1.29 is 8.42 Å². The first-order valence-electron chi connectivity index (χ1n) is 7.13. The van der Waals surface area contributed by atoms with Gasteiger partial charge in [-0.05, 0) is 32.6 Å². The van der Waals surface area contributed by atoms with E-state index in [1.807, 2.05) is 0 Å². The third-order valence-electron chi connectivity index (χ3n) is 4.09. The third kappa shape index (κ3) is 2.89. The summed E-state index contributed by atoms with van der Waals surface area (Å²) in [5.74, 6) is 0.393. The lowest BCUT2D eigenvalue weighted by Crippen LogP contribution is -2.36. The second-order valence-corrected chi connectivity index (χ2v) is 7.30. The number of aryl methyl sites for hydroxylation is 1. The average molecular weight is 300 g/mol. The third-order valence-corrected chi connectivity index (χ3v) is 5.83. The van der Waals surface area contributed by atoms with Gasteiger partial charge in [0.2, 0.25) is 10.0 Å². The van der Waals surface area contributed by atoms with E-state index in [9.17, 15) is 8.42 Å². The van der Waals surface area contributed by atoms with E-state index in [2.05, 4.69) is 16.7 Å². The molecule has 6 nitrogen and oxygen atoms in total. The van der Waals surface area contributed by atoms with Gasteiger partial charge in [-0.3, -0.25) is 4.68 Å². The van der Waals surface area contributed by atoms with Crippen LogP contribution in [0.5, 0.6) is 0 Å². The van der Waals surface area contributed by atoms with E-state index in [0.717, 1.165) is 19.3 Å². The minimum absolute atomic E-state index is 0.0386. The highest BCUT2D eigenvalue weighted by atomic mass is 32.2. The molecular weight excluding hydrogens is 276 g/mol. The minimum Gasteiger partial charge on any atom is -0.329 e. The summed E-state index contributed by atoms with van der Waals surface area (Å²) in [6.45, 7) is 6.57. The standard InChI is InChI=1S/C13H24N4O2S/c1-9-5-4-6-12(9)16-20(18,19)13-10(2)15-17(8-7-14)11(13)3/h9,12,16H,4-8,14H2,1-3H3. The van der Waals surface area contributed by atoms with Gasteiger partial charge in [0.1, 0.15) is 4.90 Å². The minimum atomic E-state index is -3.51. The van der Waals surface area contributed by atoms with E-state index in [-0.39, 0.29) is 6.04 Å². The van der Waals surface area contributed by atoms with Crippen LogP contribution in [0.3, 0.4) is 0 Å². The van der Waals surface area contributed by atoms with Crippen LogP contribution in [-0.2, 0) is 16.6 Å². The molecule has 1 aliphatic carbocycles. The summed E-state index contributed by atoms with van der Waals surface area (Å²) in [5.41, 5.74) is 6.72. The van der Waals surface area contributed by atoms with E-state index in [4.69, 9.17) is 5.73 Å². The zero-order valence-corrected chi connectivity index (χ0v) is 13.2. The Labute approximate surface area is 120 Å². The number of nitrogens with zero attached hydrogens (tertiary/aromatic N) is 2. The average Bonchev–Trinajstić information content (AvgIpc) is 2.85. The van der Waals surface area contributed by atoms with Crippen molar-refractivity contribution in [1.82, 2.24) is 14.5 Å². The van der Waals surface area contributed by atoms with Crippen LogP contribution in [0, 0.1) is 19.8 Å². The molecule has 0 radical (unpaired) electrons. The smallest absolute Gasteiger partial charge is 0.244 e. The van der Waals surface area contributed by atoms with Gasteiger partial charge in [0.25, 0.3) is 0 Å². The molecular formula is C13H24N4O2S. The van der Waals surface area contributed by atoms with Crippen molar-refractivity contribution in [3.05, 3.63) is 11.4 Å². The Morgan fingerprint density at radius 2 is 2.10 bits per heavy atom. The van der Waals surface area contributed by atoms with Gasteiger partial charge >= 0.3 is 0 Å². The summed E-state index contributed by atoms with van der Waals surface area (Å²) >= 11 is 0. The van der Waals surface area contributed by atoms with Crippen LogP contribution in [0.4, 0.5) is 0 Å². The monoisotopic (exact) mass is 300 g/mol. The molecule has 1 aliphatic rings. The SMILES string of the molecule is Cc1nn(CCN)c(C)c1S(=O)(=O)NC1CCCC1C. The second-order valence-electron chi connectivity index (χ2n) is 5.65. The summed E-state index contributed by atoms with van der Waals surface area (Å²) in [6, 6.07) is 0.0386. The van der Waals surface area contributed by atoms with E-state index in [1.54, 1.807) is 18.5 Å². The van der Waals surface area contributed by atoms with Gasteiger partial charge in [0.05, 0.1) is 17.9 Å². The Bertz CT molecular complexity index is 579. The Morgan fingerprint density at radius 1 is 1.40 bits per heavy atom. The van der Waals surface area contributed by atoms with Crippen molar-refractivity contribution in [2.75, 3.05) is 6.54 Å². The first-order chi connectivity index (χ1) is 9.36. The predicted octanol–water partition coefficient (Wildman–Crippen LogP) is 0.926. The Balaban J connectivity index is 2.29. The Hall–Kier alpha value is -0.920. The molecule has 2 atom stereocenters. The molecule has 0 aromatic carbocycles. The number of hydrogen-bond donors (Lipinski definition) is 2. The molecule has 0 saturated heterocycles. The molecule has 1 heterocycles. The number of rotatable bonds is 5. The fourth-order valence-electron chi connectivity index (χ4n) is 2.99. The van der Waals surface area contributed by atoms with Crippen LogP contribution < -0.4 is 10.5 Å². The lowest BCUT2D eigenvalue weighted by atomic mass is 10.1. The Kier molecular flexibility index (Phi) is 4.51. The van der Waals surface area contributed by atoms with Gasteiger partial charge in [-0.25, -0.2) is 13.1 Å². The van der Waals surface area contributed by atoms with Crippen molar-refractivity contribution >= 4 is 10.0 Å². The molecule has 0 bridgehead atoms. The summed E-state index contributed by atoms with van der Waals surface area (Å²) in [6.07, 6.45) is 3.08. The van der Waals surface area contributed by atoms with Crippen LogP contribution >= 0.6 is 0 Å². The predicted molar refractivity (Wildman–Crippen MR) is 77.9 cm³/mol. The fourth-order valence-corrected chi connectivity index (χ4v) is 4.78. The molecule has 0 aliphatic heterocycles. The molecule has 114 valence electrons. The van der Waals surface area contributed by atoms with Crippen LogP contribution in [0.1, 0.15) is 37.6 Å². The summed E-state index contributed by atoms with van der Waals surface area (Å²) in [5, 5.41) is 4.28. The molecule has 2 rings (SSSR count). The van der Waals surface area contributed by atoms with Crippen LogP contribution in [0.25, 0.3) is 0 Å². The lowest BCUT2D eigenvalue weighted by molar-refractivity contribution is 0.476. The number of hydrogen-bond acceptors (Lipinski definition) is 4. The normalized spacial score (nSPS) is 23.4. The van der Waals surface area contributed by atoms with Gasteiger partial charge in [0, 0.05) is 12.6 Å². The molecule has 1 aromatic rings. The van der Waals surface area contributed by atoms with Crippen molar-refractivity contribution in [3.8, 4) is 0 Å². The van der Waals surface area contributed by atoms with Crippen molar-refractivity contribution in [1.29, 1.82) is 0 Å². The van der Waals surface area contributed by atoms with Crippen molar-refractivity contribution in [2.24, 2.45) is 11.7 Å². The number of nitrogens with one attached hydrogen (secondary N) is 1. The molecule has 1 fully saturated rings. The highest BCUT2D eigenvalue weighted by molar-refractivity contribution is 7.89. The van der Waals surface area contributed by atoms with Crippen LogP contribution in [0.15, 0.2) is 4.90 Å². The number of sulfonamides is 1. The van der Waals surface area contributed by atoms with E-state index >= 15 is 0 Å². The molecule has 2 unspecified atom stereocenters. The van der Waals surface area contributed by atoms with E-state index < -0.39 is 10.0 Å². The van der Waals surface area contributed by atoms with Crippen LogP contribution in [0.2, 0.25) is 0 Å². The van der Waals surface area contributed by atoms with E-state index in [1.165, 1.54) is 0 Å². The Morgan fingerprint density at radius 3 is 2.65 bits per heavy atom. The molecule has 0 spiro atoms. The number of aromatic nitrogens is 2. The fraction of sp³-hybridized carbons (Fsp3) is 0.769. The molecule has 3 N–H and O–H groups in total. The molecule has 20 heavy (non-hydrogen) atoms. The summed E-state index contributed by atoms with van der Waals surface area (Å²) in [4.78, 5) is 0.310. The maximum atomic E-state index is 12.6. The second kappa shape index (κ2) is 5.83. The topological polar surface area (TPSA) is 90.0 Å². The van der Waals surface area contributed by atoms with Gasteiger partial charge in [0.15, 0.2) is 0 Å². The maximum Gasteiger partial charge on any atom is 0.244 e. The zero-order valence-electron chi connectivity index (χ0n) is 12.4. The van der Waals surface area contributed by atoms with Gasteiger partial charge in [-0.15, -0.1) is 0 Å². The van der Waals surface area contributed by atoms with Crippen molar-refractivity contribution in [3.63, 3.8) is 0 Å². The summed E-state index contributed by atoms with van der Waals surface area (Å²) in [7, 11) is -3.51. The highest BCUT2D eigenvalue weighted by Gasteiger charge is 2.31. The maximum absolute atomic E-state index is 12.6. The first kappa shape index (κ1) is 15.5. The van der Waals surface area contributed by atoms with E-state index in [0.29, 0.717) is 35.3 Å². The highest BCUT2D eigenvalue weighted by Crippen LogP contribution is 2.27. The van der Waals surface area contributed by atoms with Crippen LogP contribution in [-0.4, -0.2) is 30.8 Å². The zero-order chi connectivity index (χ0) is 14.9. The van der Waals surface area contributed by atoms with Crippen molar-refractivity contribution in [2.45, 2.75) is 57.5 Å². The largest absolute Gasteiger partial charge is 0.329 e. The summed E-state index contributed by atoms with van der Waals surface area (Å²) < 4.78 is 29.7. The first-order valence-corrected chi connectivity index (χ1v) is 8.61. The van der Waals surface area contributed by atoms with Gasteiger partial charge < -0.3 is 5.73 Å².